The molecule has 0 saturated heterocycles. The Kier molecular flexibility index (Phi) is 7.28. The van der Waals surface area contributed by atoms with Crippen LogP contribution in [0.3, 0.4) is 0 Å². The zero-order valence-electron chi connectivity index (χ0n) is 22.7. The molecule has 4 aliphatic rings. The minimum Gasteiger partial charge on any atom is -0.356 e. The molecule has 204 valence electrons. The normalized spacial score (nSPS) is 27.0. The highest BCUT2D eigenvalue weighted by Gasteiger charge is 2.62. The third-order valence-electron chi connectivity index (χ3n) is 9.58. The van der Waals surface area contributed by atoms with Gasteiger partial charge in [-0.1, -0.05) is 60.7 Å². The lowest BCUT2D eigenvalue weighted by Gasteiger charge is -2.60. The quantitative estimate of drug-likeness (QED) is 0.334. The van der Waals surface area contributed by atoms with Crippen LogP contribution in [-0.2, 0) is 16.1 Å². The highest BCUT2D eigenvalue weighted by molar-refractivity contribution is 5.88. The topological polar surface area (TPSA) is 76.0 Å². The first-order valence-corrected chi connectivity index (χ1v) is 14.7. The van der Waals surface area contributed by atoms with E-state index in [1.807, 2.05) is 29.2 Å². The lowest BCUT2D eigenvalue weighted by Crippen LogP contribution is -2.61. The summed E-state index contributed by atoms with van der Waals surface area (Å²) < 4.78 is 2.04. The fourth-order valence-corrected chi connectivity index (χ4v) is 8.28. The van der Waals surface area contributed by atoms with Crippen molar-refractivity contribution in [2.24, 2.45) is 22.7 Å². The second kappa shape index (κ2) is 11.0. The van der Waals surface area contributed by atoms with E-state index < -0.39 is 5.41 Å². The summed E-state index contributed by atoms with van der Waals surface area (Å²) in [6.45, 7) is 2.14. The molecule has 2 aromatic carbocycles. The number of hydrogen-bond acceptors (Lipinski definition) is 3. The van der Waals surface area contributed by atoms with Crippen molar-refractivity contribution in [3.8, 4) is 0 Å². The van der Waals surface area contributed by atoms with Crippen molar-refractivity contribution < 1.29 is 9.59 Å². The maximum absolute atomic E-state index is 13.9. The highest BCUT2D eigenvalue weighted by atomic mass is 16.2. The summed E-state index contributed by atoms with van der Waals surface area (Å²) in [6.07, 6.45) is 12.9. The molecule has 39 heavy (non-hydrogen) atoms. The van der Waals surface area contributed by atoms with Gasteiger partial charge >= 0.3 is 0 Å². The molecular formula is C33H40N4O2. The van der Waals surface area contributed by atoms with Gasteiger partial charge in [-0.05, 0) is 74.3 Å². The standard InChI is InChI=1S/C33H40N4O2/c38-30(35-13-7-16-37-17-15-34-24-37)32-19-25-18-26(20-32)22-33(21-25,23-32)31(39)36-14-12-29(27-8-3-1-4-9-27)28-10-5-2-6-11-28/h1-6,8-11,15,17,24-26,29H,7,12-14,16,18-23H2,(H,35,38)(H,36,39). The molecule has 3 aromatic rings. The number of hydrogen-bond donors (Lipinski definition) is 2. The Labute approximate surface area is 231 Å². The van der Waals surface area contributed by atoms with E-state index in [1.54, 1.807) is 6.20 Å². The molecule has 1 heterocycles. The number of aromatic nitrogens is 2. The Morgan fingerprint density at radius 1 is 0.846 bits per heavy atom. The van der Waals surface area contributed by atoms with Crippen LogP contribution >= 0.6 is 0 Å². The number of imidazole rings is 1. The zero-order valence-corrected chi connectivity index (χ0v) is 22.7. The van der Waals surface area contributed by atoms with Gasteiger partial charge in [0.05, 0.1) is 17.2 Å². The first-order valence-electron chi connectivity index (χ1n) is 14.7. The Morgan fingerprint density at radius 3 is 1.95 bits per heavy atom. The molecule has 4 fully saturated rings. The van der Waals surface area contributed by atoms with Crippen molar-refractivity contribution in [2.75, 3.05) is 13.1 Å². The molecule has 7 rings (SSSR count). The third kappa shape index (κ3) is 5.39. The van der Waals surface area contributed by atoms with Crippen molar-refractivity contribution in [1.82, 2.24) is 20.2 Å². The Hall–Kier alpha value is -3.41. The monoisotopic (exact) mass is 524 g/mol. The number of benzene rings is 2. The Morgan fingerprint density at radius 2 is 1.41 bits per heavy atom. The van der Waals surface area contributed by atoms with Crippen molar-refractivity contribution in [3.05, 3.63) is 90.5 Å². The second-order valence-electron chi connectivity index (χ2n) is 12.4. The number of nitrogens with one attached hydrogen (secondary N) is 2. The summed E-state index contributed by atoms with van der Waals surface area (Å²) in [5.41, 5.74) is 1.77. The molecule has 0 aliphatic heterocycles. The molecule has 2 unspecified atom stereocenters. The van der Waals surface area contributed by atoms with Gasteiger partial charge in [0.15, 0.2) is 0 Å². The average Bonchev–Trinajstić information content (AvgIpc) is 3.47. The molecule has 6 nitrogen and oxygen atoms in total. The summed E-state index contributed by atoms with van der Waals surface area (Å²) in [5.74, 6) is 1.55. The summed E-state index contributed by atoms with van der Waals surface area (Å²) in [5, 5.41) is 6.60. The van der Waals surface area contributed by atoms with Crippen molar-refractivity contribution in [1.29, 1.82) is 0 Å². The van der Waals surface area contributed by atoms with E-state index in [-0.39, 0.29) is 23.1 Å². The van der Waals surface area contributed by atoms with Gasteiger partial charge in [0, 0.05) is 37.9 Å². The number of aryl methyl sites for hydroxylation is 1. The lowest BCUT2D eigenvalue weighted by molar-refractivity contribution is -0.167. The maximum atomic E-state index is 13.9. The van der Waals surface area contributed by atoms with E-state index in [2.05, 4.69) is 64.1 Å². The smallest absolute Gasteiger partial charge is 0.226 e. The number of carbonyl (C=O) groups is 2. The van der Waals surface area contributed by atoms with Gasteiger partial charge in [-0.15, -0.1) is 0 Å². The average molecular weight is 525 g/mol. The number of amides is 2. The minimum absolute atomic E-state index is 0.174. The molecule has 1 aromatic heterocycles. The van der Waals surface area contributed by atoms with Gasteiger partial charge in [-0.2, -0.15) is 0 Å². The largest absolute Gasteiger partial charge is 0.356 e. The van der Waals surface area contributed by atoms with Gasteiger partial charge in [0.25, 0.3) is 0 Å². The van der Waals surface area contributed by atoms with Crippen LogP contribution in [0.1, 0.15) is 68.4 Å². The molecule has 2 atom stereocenters. The van der Waals surface area contributed by atoms with E-state index in [0.717, 1.165) is 45.1 Å². The SMILES string of the molecule is O=C(NCCCn1ccnc1)C12CC3CC(C1)CC(C(=O)NCCC(c1ccccc1)c1ccccc1)(C3)C2. The van der Waals surface area contributed by atoms with Crippen LogP contribution in [0.25, 0.3) is 0 Å². The molecule has 2 N–H and O–H groups in total. The Bertz CT molecular complexity index is 1200. The fourth-order valence-electron chi connectivity index (χ4n) is 8.28. The molecular weight excluding hydrogens is 484 g/mol. The molecule has 4 bridgehead atoms. The number of rotatable bonds is 11. The van der Waals surface area contributed by atoms with Crippen LogP contribution in [0.4, 0.5) is 0 Å². The van der Waals surface area contributed by atoms with Crippen molar-refractivity contribution >= 4 is 11.8 Å². The number of carbonyl (C=O) groups excluding carboxylic acids is 2. The van der Waals surface area contributed by atoms with E-state index in [0.29, 0.717) is 31.3 Å². The first-order chi connectivity index (χ1) is 19.1. The molecule has 0 radical (unpaired) electrons. The van der Waals surface area contributed by atoms with Crippen LogP contribution < -0.4 is 10.6 Å². The lowest BCUT2D eigenvalue weighted by atomic mass is 9.43. The van der Waals surface area contributed by atoms with Crippen LogP contribution in [-0.4, -0.2) is 34.5 Å². The maximum Gasteiger partial charge on any atom is 0.226 e. The van der Waals surface area contributed by atoms with E-state index in [9.17, 15) is 9.59 Å². The Balaban J connectivity index is 1.09. The minimum atomic E-state index is -0.396. The van der Waals surface area contributed by atoms with Gasteiger partial charge in [-0.3, -0.25) is 9.59 Å². The summed E-state index contributed by atoms with van der Waals surface area (Å²) >= 11 is 0. The van der Waals surface area contributed by atoms with E-state index in [1.165, 1.54) is 17.5 Å². The predicted molar refractivity (Wildman–Crippen MR) is 152 cm³/mol. The predicted octanol–water partition coefficient (Wildman–Crippen LogP) is 5.31. The first kappa shape index (κ1) is 25.8. The fraction of sp³-hybridized carbons (Fsp3) is 0.485. The van der Waals surface area contributed by atoms with Gasteiger partial charge < -0.3 is 15.2 Å². The van der Waals surface area contributed by atoms with Crippen LogP contribution in [0.15, 0.2) is 79.4 Å². The second-order valence-corrected chi connectivity index (χ2v) is 12.4. The number of nitrogens with zero attached hydrogens (tertiary/aromatic N) is 2. The summed E-state index contributed by atoms with van der Waals surface area (Å²) in [6, 6.07) is 21.1. The van der Waals surface area contributed by atoms with Gasteiger partial charge in [0.2, 0.25) is 11.8 Å². The van der Waals surface area contributed by atoms with Gasteiger partial charge in [-0.25, -0.2) is 4.98 Å². The van der Waals surface area contributed by atoms with Crippen LogP contribution in [0, 0.1) is 22.7 Å². The summed E-state index contributed by atoms with van der Waals surface area (Å²) in [4.78, 5) is 31.5. The zero-order chi connectivity index (χ0) is 26.7. The molecule has 4 aliphatic carbocycles. The van der Waals surface area contributed by atoms with E-state index in [4.69, 9.17) is 0 Å². The van der Waals surface area contributed by atoms with Crippen LogP contribution in [0.5, 0.6) is 0 Å². The molecule has 2 amide bonds. The van der Waals surface area contributed by atoms with Crippen LogP contribution in [0.2, 0.25) is 0 Å². The highest BCUT2D eigenvalue weighted by Crippen LogP contribution is 2.65. The van der Waals surface area contributed by atoms with Crippen molar-refractivity contribution in [3.63, 3.8) is 0 Å². The molecule has 0 spiro atoms. The van der Waals surface area contributed by atoms with E-state index >= 15 is 0 Å². The summed E-state index contributed by atoms with van der Waals surface area (Å²) in [7, 11) is 0. The third-order valence-corrected chi connectivity index (χ3v) is 9.58. The van der Waals surface area contributed by atoms with Gasteiger partial charge in [0.1, 0.15) is 0 Å². The molecule has 4 saturated carbocycles. The van der Waals surface area contributed by atoms with Crippen molar-refractivity contribution in [2.45, 2.75) is 63.8 Å². The molecule has 6 heteroatoms.